The molecule has 19 heavy (non-hydrogen) atoms. The van der Waals surface area contributed by atoms with E-state index in [0.29, 0.717) is 0 Å². The molecule has 0 aliphatic carbocycles. The van der Waals surface area contributed by atoms with Crippen LogP contribution in [-0.4, -0.2) is 13.2 Å². The van der Waals surface area contributed by atoms with E-state index >= 15 is 0 Å². The summed E-state index contributed by atoms with van der Waals surface area (Å²) in [5.74, 6) is 2.06. The van der Waals surface area contributed by atoms with Crippen LogP contribution >= 0.6 is 0 Å². The van der Waals surface area contributed by atoms with Crippen molar-refractivity contribution in [1.29, 1.82) is 0 Å². The summed E-state index contributed by atoms with van der Waals surface area (Å²) in [6.45, 7) is 1.53. The van der Waals surface area contributed by atoms with Gasteiger partial charge in [-0.3, -0.25) is 0 Å². The van der Waals surface area contributed by atoms with Crippen molar-refractivity contribution in [3.05, 3.63) is 41.5 Å². The van der Waals surface area contributed by atoms with Crippen LogP contribution in [0.2, 0.25) is 0 Å². The van der Waals surface area contributed by atoms with Crippen LogP contribution in [0.15, 0.2) is 30.3 Å². The molecule has 0 radical (unpaired) electrons. The molecule has 0 fully saturated rings. The molecule has 2 N–H and O–H groups in total. The molecule has 0 saturated carbocycles. The molecule has 0 spiro atoms. The maximum absolute atomic E-state index is 5.85. The van der Waals surface area contributed by atoms with Gasteiger partial charge in [0.25, 0.3) is 0 Å². The molecule has 96 valence electrons. The second-order valence-corrected chi connectivity index (χ2v) is 5.04. The summed E-state index contributed by atoms with van der Waals surface area (Å²) >= 11 is 0. The molecule has 0 aromatic heterocycles. The van der Waals surface area contributed by atoms with E-state index in [0.717, 1.165) is 48.8 Å². The monoisotopic (exact) mass is 253 g/mol. The Hall–Kier alpha value is -2.16. The van der Waals surface area contributed by atoms with E-state index in [-0.39, 0.29) is 0 Å². The molecule has 2 heterocycles. The number of nitrogen functional groups attached to an aromatic ring is 1. The molecule has 2 aliphatic heterocycles. The summed E-state index contributed by atoms with van der Waals surface area (Å²) in [5.41, 5.74) is 11.4. The first-order valence-electron chi connectivity index (χ1n) is 6.63. The van der Waals surface area contributed by atoms with E-state index in [4.69, 9.17) is 15.2 Å². The lowest BCUT2D eigenvalue weighted by Gasteiger charge is -2.13. The summed E-state index contributed by atoms with van der Waals surface area (Å²) in [4.78, 5) is 0. The summed E-state index contributed by atoms with van der Waals surface area (Å²) in [5, 5.41) is 0. The summed E-state index contributed by atoms with van der Waals surface area (Å²) in [6.07, 6.45) is 1.92. The van der Waals surface area contributed by atoms with Crippen molar-refractivity contribution in [3.8, 4) is 22.6 Å². The van der Waals surface area contributed by atoms with Crippen LogP contribution in [0.25, 0.3) is 11.1 Å². The quantitative estimate of drug-likeness (QED) is 0.795. The number of benzene rings is 2. The lowest BCUT2D eigenvalue weighted by Crippen LogP contribution is -1.93. The Bertz CT molecular complexity index is 615. The number of hydrogen-bond acceptors (Lipinski definition) is 3. The molecule has 2 aromatic rings. The fourth-order valence-electron chi connectivity index (χ4n) is 2.94. The van der Waals surface area contributed by atoms with Crippen molar-refractivity contribution in [3.63, 3.8) is 0 Å². The average Bonchev–Trinajstić information content (AvgIpc) is 3.05. The Balaban J connectivity index is 1.98. The minimum absolute atomic E-state index is 0.764. The number of nitrogens with two attached hydrogens (primary N) is 1. The van der Waals surface area contributed by atoms with Crippen LogP contribution in [0.4, 0.5) is 5.69 Å². The topological polar surface area (TPSA) is 44.5 Å². The van der Waals surface area contributed by atoms with Gasteiger partial charge in [-0.15, -0.1) is 0 Å². The minimum Gasteiger partial charge on any atom is -0.493 e. The Kier molecular flexibility index (Phi) is 2.21. The van der Waals surface area contributed by atoms with E-state index in [2.05, 4.69) is 18.2 Å². The molecule has 0 saturated heterocycles. The van der Waals surface area contributed by atoms with Crippen LogP contribution < -0.4 is 15.2 Å². The first-order chi connectivity index (χ1) is 9.33. The Morgan fingerprint density at radius 1 is 0.947 bits per heavy atom. The van der Waals surface area contributed by atoms with Crippen molar-refractivity contribution in [2.45, 2.75) is 12.8 Å². The van der Waals surface area contributed by atoms with Crippen LogP contribution in [0.3, 0.4) is 0 Å². The van der Waals surface area contributed by atoms with Crippen molar-refractivity contribution >= 4 is 5.69 Å². The second kappa shape index (κ2) is 3.92. The van der Waals surface area contributed by atoms with Gasteiger partial charge in [0.15, 0.2) is 0 Å². The highest BCUT2D eigenvalue weighted by Crippen LogP contribution is 2.46. The summed E-state index contributed by atoms with van der Waals surface area (Å²) < 4.78 is 11.6. The van der Waals surface area contributed by atoms with Gasteiger partial charge >= 0.3 is 0 Å². The van der Waals surface area contributed by atoms with Gasteiger partial charge in [-0.1, -0.05) is 12.1 Å². The zero-order valence-corrected chi connectivity index (χ0v) is 10.6. The average molecular weight is 253 g/mol. The van der Waals surface area contributed by atoms with Crippen LogP contribution in [0.5, 0.6) is 11.5 Å². The van der Waals surface area contributed by atoms with Crippen molar-refractivity contribution in [2.75, 3.05) is 18.9 Å². The van der Waals surface area contributed by atoms with E-state index < -0.39 is 0 Å². The number of rotatable bonds is 1. The third-order valence-electron chi connectivity index (χ3n) is 3.85. The fraction of sp³-hybridized carbons (Fsp3) is 0.250. The first kappa shape index (κ1) is 10.7. The molecule has 2 aliphatic rings. The lowest BCUT2D eigenvalue weighted by molar-refractivity contribution is 0.356. The van der Waals surface area contributed by atoms with Crippen LogP contribution in [-0.2, 0) is 12.8 Å². The Morgan fingerprint density at radius 3 is 2.58 bits per heavy atom. The molecular weight excluding hydrogens is 238 g/mol. The highest BCUT2D eigenvalue weighted by atomic mass is 16.5. The number of fused-ring (bicyclic) bond motifs is 2. The van der Waals surface area contributed by atoms with Crippen LogP contribution in [0.1, 0.15) is 11.1 Å². The van der Waals surface area contributed by atoms with Gasteiger partial charge in [0.05, 0.1) is 13.2 Å². The molecule has 3 nitrogen and oxygen atoms in total. The van der Waals surface area contributed by atoms with E-state index in [1.165, 1.54) is 16.7 Å². The zero-order valence-electron chi connectivity index (χ0n) is 10.6. The number of anilines is 1. The van der Waals surface area contributed by atoms with Gasteiger partial charge in [-0.05, 0) is 23.8 Å². The van der Waals surface area contributed by atoms with Gasteiger partial charge in [-0.2, -0.15) is 0 Å². The van der Waals surface area contributed by atoms with Gasteiger partial charge < -0.3 is 15.2 Å². The number of ether oxygens (including phenoxy) is 2. The minimum atomic E-state index is 0.764. The lowest BCUT2D eigenvalue weighted by atomic mass is 9.94. The smallest absolute Gasteiger partial charge is 0.130 e. The standard InChI is InChI=1S/C16H15NO2/c17-12-3-1-10(2-4-12)15-13-6-8-18-14(13)9-11-5-7-19-16(11)15/h1-4,9H,5-8,17H2. The van der Waals surface area contributed by atoms with Crippen LogP contribution in [0, 0.1) is 0 Å². The highest BCUT2D eigenvalue weighted by Gasteiger charge is 2.27. The fourth-order valence-corrected chi connectivity index (χ4v) is 2.94. The maximum atomic E-state index is 5.85. The van der Waals surface area contributed by atoms with Crippen molar-refractivity contribution in [1.82, 2.24) is 0 Å². The number of hydrogen-bond donors (Lipinski definition) is 1. The third kappa shape index (κ3) is 1.58. The zero-order chi connectivity index (χ0) is 12.8. The largest absolute Gasteiger partial charge is 0.493 e. The molecule has 2 aromatic carbocycles. The first-order valence-corrected chi connectivity index (χ1v) is 6.63. The van der Waals surface area contributed by atoms with E-state index in [1.54, 1.807) is 0 Å². The van der Waals surface area contributed by atoms with Gasteiger partial charge in [0.1, 0.15) is 11.5 Å². The van der Waals surface area contributed by atoms with Crippen molar-refractivity contribution < 1.29 is 9.47 Å². The normalized spacial score (nSPS) is 15.6. The molecule has 0 atom stereocenters. The third-order valence-corrected chi connectivity index (χ3v) is 3.85. The maximum Gasteiger partial charge on any atom is 0.130 e. The summed E-state index contributed by atoms with van der Waals surface area (Å²) in [6, 6.07) is 10.1. The van der Waals surface area contributed by atoms with Gasteiger partial charge in [0.2, 0.25) is 0 Å². The second-order valence-electron chi connectivity index (χ2n) is 5.04. The van der Waals surface area contributed by atoms with Crippen molar-refractivity contribution in [2.24, 2.45) is 0 Å². The molecule has 0 amide bonds. The molecule has 4 rings (SSSR count). The predicted octanol–water partition coefficient (Wildman–Crippen LogP) is 2.81. The summed E-state index contributed by atoms with van der Waals surface area (Å²) in [7, 11) is 0. The Labute approximate surface area is 112 Å². The van der Waals surface area contributed by atoms with E-state index in [9.17, 15) is 0 Å². The van der Waals surface area contributed by atoms with Gasteiger partial charge in [0, 0.05) is 35.2 Å². The molecular formula is C16H15NO2. The predicted molar refractivity (Wildman–Crippen MR) is 74.7 cm³/mol. The van der Waals surface area contributed by atoms with Gasteiger partial charge in [-0.25, -0.2) is 0 Å². The molecule has 0 unspecified atom stereocenters. The van der Waals surface area contributed by atoms with E-state index in [1.807, 2.05) is 12.1 Å². The highest BCUT2D eigenvalue weighted by molar-refractivity contribution is 5.80. The molecule has 3 heteroatoms. The SMILES string of the molecule is Nc1ccc(-c2c3c(cc4c2OCC4)OCC3)cc1. The molecule has 0 bridgehead atoms. The Morgan fingerprint density at radius 2 is 1.74 bits per heavy atom.